The lowest BCUT2D eigenvalue weighted by Crippen LogP contribution is -2.15. The number of rotatable bonds is 6. The highest BCUT2D eigenvalue weighted by Crippen LogP contribution is 2.22. The highest BCUT2D eigenvalue weighted by molar-refractivity contribution is 7.98. The number of aryl methyl sites for hydroxylation is 2. The quantitative estimate of drug-likeness (QED) is 0.856. The van der Waals surface area contributed by atoms with Crippen molar-refractivity contribution in [1.29, 1.82) is 0 Å². The van der Waals surface area contributed by atoms with Crippen LogP contribution in [-0.4, -0.2) is 33.0 Å². The van der Waals surface area contributed by atoms with E-state index in [0.717, 1.165) is 30.1 Å². The van der Waals surface area contributed by atoms with Gasteiger partial charge in [-0.15, -0.1) is 0 Å². The van der Waals surface area contributed by atoms with Crippen LogP contribution in [0.1, 0.15) is 24.7 Å². The Balaban J connectivity index is 2.71. The molecule has 0 fully saturated rings. The summed E-state index contributed by atoms with van der Waals surface area (Å²) in [5, 5.41) is 14.9. The summed E-state index contributed by atoms with van der Waals surface area (Å²) in [5.41, 5.74) is 1.80. The topological polar surface area (TPSA) is 38.0 Å². The Hall–Kier alpha value is -0.190. The highest BCUT2D eigenvalue weighted by atomic mass is 35.5. The molecule has 1 unspecified atom stereocenters. The average molecular weight is 263 g/mol. The molecular formula is C11H19ClN2OS. The lowest BCUT2D eigenvalue weighted by molar-refractivity contribution is 0.169. The van der Waals surface area contributed by atoms with Crippen LogP contribution in [0.25, 0.3) is 0 Å². The lowest BCUT2D eigenvalue weighted by Gasteiger charge is -2.11. The first-order chi connectivity index (χ1) is 7.60. The van der Waals surface area contributed by atoms with Gasteiger partial charge in [-0.25, -0.2) is 0 Å². The number of halogens is 1. The second-order valence-electron chi connectivity index (χ2n) is 3.80. The van der Waals surface area contributed by atoms with Crippen LogP contribution in [0.4, 0.5) is 0 Å². The maximum atomic E-state index is 9.87. The molecule has 0 aliphatic carbocycles. The Kier molecular flexibility index (Phi) is 5.66. The van der Waals surface area contributed by atoms with Gasteiger partial charge in [0, 0.05) is 13.0 Å². The molecular weight excluding hydrogens is 244 g/mol. The smallest absolute Gasteiger partial charge is 0.0848 e. The van der Waals surface area contributed by atoms with E-state index < -0.39 is 0 Å². The van der Waals surface area contributed by atoms with Gasteiger partial charge in [0.25, 0.3) is 0 Å². The highest BCUT2D eigenvalue weighted by Gasteiger charge is 2.15. The number of thioether (sulfide) groups is 1. The van der Waals surface area contributed by atoms with Gasteiger partial charge in [0.05, 0.1) is 22.5 Å². The van der Waals surface area contributed by atoms with E-state index in [2.05, 4.69) is 5.10 Å². The molecule has 92 valence electrons. The predicted octanol–water partition coefficient (Wildman–Crippen LogP) is 2.52. The zero-order chi connectivity index (χ0) is 12.1. The van der Waals surface area contributed by atoms with Crippen LogP contribution in [0.3, 0.4) is 0 Å². The van der Waals surface area contributed by atoms with Crippen LogP contribution in [0.2, 0.25) is 5.02 Å². The molecule has 1 heterocycles. The second kappa shape index (κ2) is 6.52. The minimum atomic E-state index is -0.327. The van der Waals surface area contributed by atoms with Crippen molar-refractivity contribution in [3.05, 3.63) is 16.4 Å². The Labute approximate surface area is 106 Å². The summed E-state index contributed by atoms with van der Waals surface area (Å²) >= 11 is 7.92. The van der Waals surface area contributed by atoms with Gasteiger partial charge in [0.1, 0.15) is 0 Å². The Morgan fingerprint density at radius 1 is 1.56 bits per heavy atom. The van der Waals surface area contributed by atoms with Crippen molar-refractivity contribution < 1.29 is 5.11 Å². The molecule has 0 radical (unpaired) electrons. The zero-order valence-corrected chi connectivity index (χ0v) is 11.6. The summed E-state index contributed by atoms with van der Waals surface area (Å²) in [6, 6.07) is 0. The van der Waals surface area contributed by atoms with E-state index in [1.54, 1.807) is 11.8 Å². The minimum absolute atomic E-state index is 0.327. The molecule has 1 N–H and O–H groups in total. The monoisotopic (exact) mass is 262 g/mol. The molecule has 0 amide bonds. The van der Waals surface area contributed by atoms with E-state index >= 15 is 0 Å². The van der Waals surface area contributed by atoms with E-state index in [9.17, 15) is 5.11 Å². The van der Waals surface area contributed by atoms with Crippen molar-refractivity contribution in [2.75, 3.05) is 12.0 Å². The second-order valence-corrected chi connectivity index (χ2v) is 5.16. The summed E-state index contributed by atoms with van der Waals surface area (Å²) in [7, 11) is 0. The van der Waals surface area contributed by atoms with Gasteiger partial charge in [0.15, 0.2) is 0 Å². The van der Waals surface area contributed by atoms with E-state index in [1.165, 1.54) is 0 Å². The van der Waals surface area contributed by atoms with Crippen molar-refractivity contribution >= 4 is 23.4 Å². The van der Waals surface area contributed by atoms with Crippen LogP contribution in [-0.2, 0) is 13.0 Å². The lowest BCUT2D eigenvalue weighted by atomic mass is 10.1. The van der Waals surface area contributed by atoms with Crippen molar-refractivity contribution in [2.24, 2.45) is 0 Å². The molecule has 0 saturated heterocycles. The largest absolute Gasteiger partial charge is 0.393 e. The number of hydrogen-bond acceptors (Lipinski definition) is 3. The minimum Gasteiger partial charge on any atom is -0.393 e. The van der Waals surface area contributed by atoms with Crippen molar-refractivity contribution in [3.8, 4) is 0 Å². The molecule has 0 aliphatic rings. The predicted molar refractivity (Wildman–Crippen MR) is 70.4 cm³/mol. The fraction of sp³-hybridized carbons (Fsp3) is 0.727. The van der Waals surface area contributed by atoms with E-state index in [4.69, 9.17) is 11.6 Å². The first-order valence-electron chi connectivity index (χ1n) is 5.48. The van der Waals surface area contributed by atoms with Crippen molar-refractivity contribution in [2.45, 2.75) is 39.3 Å². The first kappa shape index (κ1) is 13.9. The molecule has 0 aromatic carbocycles. The normalized spacial score (nSPS) is 13.1. The molecule has 16 heavy (non-hydrogen) atoms. The van der Waals surface area contributed by atoms with E-state index in [0.29, 0.717) is 11.4 Å². The van der Waals surface area contributed by atoms with Gasteiger partial charge in [-0.05, 0) is 32.3 Å². The third-order valence-electron chi connectivity index (χ3n) is 2.54. The van der Waals surface area contributed by atoms with Gasteiger partial charge in [-0.1, -0.05) is 11.6 Å². The zero-order valence-electron chi connectivity index (χ0n) is 10.0. The number of hydrogen-bond donors (Lipinski definition) is 1. The molecule has 5 heteroatoms. The molecule has 0 spiro atoms. The van der Waals surface area contributed by atoms with Gasteiger partial charge >= 0.3 is 0 Å². The summed E-state index contributed by atoms with van der Waals surface area (Å²) in [5.74, 6) is 0.970. The number of aromatic nitrogens is 2. The van der Waals surface area contributed by atoms with Gasteiger partial charge in [-0.2, -0.15) is 16.9 Å². The van der Waals surface area contributed by atoms with Crippen LogP contribution in [0, 0.1) is 6.92 Å². The maximum absolute atomic E-state index is 9.87. The molecule has 3 nitrogen and oxygen atoms in total. The third-order valence-corrected chi connectivity index (χ3v) is 3.67. The number of nitrogens with zero attached hydrogens (tertiary/aromatic N) is 2. The Morgan fingerprint density at radius 2 is 2.25 bits per heavy atom. The summed E-state index contributed by atoms with van der Waals surface area (Å²) in [6.07, 6.45) is 3.10. The van der Waals surface area contributed by atoms with Crippen LogP contribution in [0.15, 0.2) is 0 Å². The van der Waals surface area contributed by atoms with Crippen LogP contribution >= 0.6 is 23.4 Å². The summed E-state index contributed by atoms with van der Waals surface area (Å²) in [6.45, 7) is 4.71. The van der Waals surface area contributed by atoms with E-state index in [-0.39, 0.29) is 6.10 Å². The van der Waals surface area contributed by atoms with Crippen molar-refractivity contribution in [3.63, 3.8) is 0 Å². The molecule has 1 rings (SSSR count). The number of aliphatic hydroxyl groups excluding tert-OH is 1. The molecule has 0 saturated carbocycles. The SMILES string of the molecule is CCn1nc(C)c(Cl)c1CC(O)CCSC. The molecule has 1 atom stereocenters. The van der Waals surface area contributed by atoms with Gasteiger partial charge in [0.2, 0.25) is 0 Å². The Morgan fingerprint density at radius 3 is 2.81 bits per heavy atom. The maximum Gasteiger partial charge on any atom is 0.0848 e. The fourth-order valence-electron chi connectivity index (χ4n) is 1.64. The molecule has 0 bridgehead atoms. The molecule has 1 aromatic heterocycles. The third kappa shape index (κ3) is 3.40. The summed E-state index contributed by atoms with van der Waals surface area (Å²) in [4.78, 5) is 0. The van der Waals surface area contributed by atoms with Crippen LogP contribution < -0.4 is 0 Å². The van der Waals surface area contributed by atoms with Crippen LogP contribution in [0.5, 0.6) is 0 Å². The standard InChI is InChI=1S/C11H19ClN2OS/c1-4-14-10(11(12)8(2)13-14)7-9(15)5-6-16-3/h9,15H,4-7H2,1-3H3. The summed E-state index contributed by atoms with van der Waals surface area (Å²) < 4.78 is 1.87. The number of aliphatic hydroxyl groups is 1. The van der Waals surface area contributed by atoms with Gasteiger partial charge < -0.3 is 5.11 Å². The fourth-order valence-corrected chi connectivity index (χ4v) is 2.36. The van der Waals surface area contributed by atoms with E-state index in [1.807, 2.05) is 24.8 Å². The Bertz CT molecular complexity index is 341. The van der Waals surface area contributed by atoms with Crippen molar-refractivity contribution in [1.82, 2.24) is 9.78 Å². The van der Waals surface area contributed by atoms with Gasteiger partial charge in [-0.3, -0.25) is 4.68 Å². The molecule has 0 aliphatic heterocycles. The average Bonchev–Trinajstić information content (AvgIpc) is 2.54. The molecule has 1 aromatic rings. The first-order valence-corrected chi connectivity index (χ1v) is 7.26.